The molecule has 0 radical (unpaired) electrons. The number of hydrogen-bond acceptors (Lipinski definition) is 5. The fourth-order valence-electron chi connectivity index (χ4n) is 4.45. The number of fused-ring (bicyclic) bond motifs is 5. The standard InChI is InChI=1S/C29H19N5S/c1-3-9-19(10-4-1)26-31-27(20-11-5-2-6-12-20)33-28(32-26)21-15-16-22-18-35-29-30-23-13-7-8-14-24(23)34(29)25(22)17-21/h1-17H,18H2. The molecular formula is C29H19N5S. The van der Waals surface area contributed by atoms with Gasteiger partial charge in [0.1, 0.15) is 0 Å². The van der Waals surface area contributed by atoms with Crippen LogP contribution in [0.3, 0.4) is 0 Å². The second kappa shape index (κ2) is 8.18. The van der Waals surface area contributed by atoms with Crippen LogP contribution in [-0.4, -0.2) is 24.5 Å². The zero-order valence-corrected chi connectivity index (χ0v) is 19.5. The minimum Gasteiger partial charge on any atom is -0.287 e. The van der Waals surface area contributed by atoms with Crippen molar-refractivity contribution in [3.8, 4) is 39.9 Å². The fraction of sp³-hybridized carbons (Fsp3) is 0.0345. The van der Waals surface area contributed by atoms with Crippen molar-refractivity contribution < 1.29 is 0 Å². The van der Waals surface area contributed by atoms with Crippen molar-refractivity contribution in [3.05, 3.63) is 109 Å². The third kappa shape index (κ3) is 3.50. The Bertz CT molecular complexity index is 1640. The largest absolute Gasteiger partial charge is 0.287 e. The molecule has 0 amide bonds. The SMILES string of the molecule is c1ccc(-c2nc(-c3ccccc3)nc(-c3ccc4c(c3)-n3c(nc5ccccc53)SC4)n2)cc1. The van der Waals surface area contributed by atoms with E-state index in [4.69, 9.17) is 19.9 Å². The number of imidazole rings is 1. The Hall–Kier alpha value is -4.29. The van der Waals surface area contributed by atoms with Gasteiger partial charge in [0.05, 0.1) is 16.7 Å². The number of para-hydroxylation sites is 2. The van der Waals surface area contributed by atoms with Gasteiger partial charge in [-0.3, -0.25) is 4.57 Å². The summed E-state index contributed by atoms with van der Waals surface area (Å²) in [4.78, 5) is 19.5. The van der Waals surface area contributed by atoms with E-state index in [1.54, 1.807) is 11.8 Å². The first-order chi connectivity index (χ1) is 17.3. The van der Waals surface area contributed by atoms with Gasteiger partial charge in [0.25, 0.3) is 0 Å². The maximum Gasteiger partial charge on any atom is 0.174 e. The summed E-state index contributed by atoms with van der Waals surface area (Å²) in [5.74, 6) is 2.87. The summed E-state index contributed by atoms with van der Waals surface area (Å²) in [7, 11) is 0. The van der Waals surface area contributed by atoms with Gasteiger partial charge in [0.2, 0.25) is 0 Å². The monoisotopic (exact) mass is 469 g/mol. The number of nitrogens with zero attached hydrogens (tertiary/aromatic N) is 5. The summed E-state index contributed by atoms with van der Waals surface area (Å²) < 4.78 is 2.25. The van der Waals surface area contributed by atoms with Gasteiger partial charge in [-0.25, -0.2) is 19.9 Å². The third-order valence-electron chi connectivity index (χ3n) is 6.17. The molecule has 1 aliphatic rings. The van der Waals surface area contributed by atoms with E-state index in [9.17, 15) is 0 Å². The van der Waals surface area contributed by atoms with E-state index in [2.05, 4.69) is 41.0 Å². The zero-order valence-electron chi connectivity index (χ0n) is 18.7. The van der Waals surface area contributed by atoms with Gasteiger partial charge in [-0.2, -0.15) is 0 Å². The average molecular weight is 470 g/mol. The second-order valence-corrected chi connectivity index (χ2v) is 9.33. The van der Waals surface area contributed by atoms with Crippen molar-refractivity contribution in [2.45, 2.75) is 10.9 Å². The molecule has 0 atom stereocenters. The van der Waals surface area contributed by atoms with Crippen molar-refractivity contribution in [3.63, 3.8) is 0 Å². The van der Waals surface area contributed by atoms with E-state index in [1.807, 2.05) is 66.7 Å². The number of hydrogen-bond donors (Lipinski definition) is 0. The van der Waals surface area contributed by atoms with E-state index < -0.39 is 0 Å². The van der Waals surface area contributed by atoms with Gasteiger partial charge >= 0.3 is 0 Å². The highest BCUT2D eigenvalue weighted by molar-refractivity contribution is 7.98. The molecule has 0 saturated carbocycles. The lowest BCUT2D eigenvalue weighted by Crippen LogP contribution is -2.07. The molecule has 166 valence electrons. The first kappa shape index (κ1) is 20.1. The lowest BCUT2D eigenvalue weighted by Gasteiger charge is -2.19. The number of rotatable bonds is 3. The van der Waals surface area contributed by atoms with Gasteiger partial charge < -0.3 is 0 Å². The highest BCUT2D eigenvalue weighted by Gasteiger charge is 2.22. The predicted octanol–water partition coefficient (Wildman–Crippen LogP) is 6.82. The second-order valence-electron chi connectivity index (χ2n) is 8.39. The van der Waals surface area contributed by atoms with E-state index in [1.165, 1.54) is 5.56 Å². The quantitative estimate of drug-likeness (QED) is 0.285. The molecule has 6 aromatic rings. The summed E-state index contributed by atoms with van der Waals surface area (Å²) in [6.45, 7) is 0. The molecule has 6 heteroatoms. The lowest BCUT2D eigenvalue weighted by atomic mass is 10.1. The van der Waals surface area contributed by atoms with Crippen molar-refractivity contribution in [2.24, 2.45) is 0 Å². The molecule has 0 spiro atoms. The minimum absolute atomic E-state index is 0.657. The van der Waals surface area contributed by atoms with E-state index in [0.717, 1.165) is 44.3 Å². The Kier molecular flexibility index (Phi) is 4.70. The molecule has 5 nitrogen and oxygen atoms in total. The molecule has 4 aromatic carbocycles. The summed E-state index contributed by atoms with van der Waals surface area (Å²) in [6.07, 6.45) is 0. The molecular weight excluding hydrogens is 450 g/mol. The summed E-state index contributed by atoms with van der Waals surface area (Å²) in [6, 6.07) is 34.9. The minimum atomic E-state index is 0.657. The normalized spacial score (nSPS) is 12.3. The first-order valence-electron chi connectivity index (χ1n) is 11.4. The van der Waals surface area contributed by atoms with Crippen molar-refractivity contribution in [1.82, 2.24) is 24.5 Å². The Labute approximate surface area is 206 Å². The van der Waals surface area contributed by atoms with Crippen LogP contribution in [0, 0.1) is 0 Å². The smallest absolute Gasteiger partial charge is 0.174 e. The van der Waals surface area contributed by atoms with Gasteiger partial charge in [0.15, 0.2) is 22.6 Å². The van der Waals surface area contributed by atoms with Crippen LogP contribution < -0.4 is 0 Å². The molecule has 2 aromatic heterocycles. The summed E-state index contributed by atoms with van der Waals surface area (Å²) >= 11 is 1.77. The molecule has 7 rings (SSSR count). The first-order valence-corrected chi connectivity index (χ1v) is 12.4. The van der Waals surface area contributed by atoms with Gasteiger partial charge in [0, 0.05) is 22.4 Å². The maximum absolute atomic E-state index is 4.90. The highest BCUT2D eigenvalue weighted by Crippen LogP contribution is 2.38. The molecule has 0 bridgehead atoms. The Morgan fingerprint density at radius 3 is 1.86 bits per heavy atom. The predicted molar refractivity (Wildman–Crippen MR) is 140 cm³/mol. The number of aromatic nitrogens is 5. The zero-order chi connectivity index (χ0) is 23.2. The van der Waals surface area contributed by atoms with Crippen molar-refractivity contribution in [1.29, 1.82) is 0 Å². The van der Waals surface area contributed by atoms with E-state index in [-0.39, 0.29) is 0 Å². The van der Waals surface area contributed by atoms with Crippen LogP contribution in [0.5, 0.6) is 0 Å². The number of thioether (sulfide) groups is 1. The van der Waals surface area contributed by atoms with Crippen LogP contribution in [0.1, 0.15) is 5.56 Å². The Morgan fingerprint density at radius 1 is 0.571 bits per heavy atom. The highest BCUT2D eigenvalue weighted by atomic mass is 32.2. The average Bonchev–Trinajstić information content (AvgIpc) is 3.33. The van der Waals surface area contributed by atoms with Crippen LogP contribution >= 0.6 is 11.8 Å². The molecule has 0 unspecified atom stereocenters. The van der Waals surface area contributed by atoms with Gasteiger partial charge in [-0.15, -0.1) is 0 Å². The summed E-state index contributed by atoms with van der Waals surface area (Å²) in [5.41, 5.74) is 7.40. The number of benzene rings is 4. The van der Waals surface area contributed by atoms with Crippen LogP contribution in [0.4, 0.5) is 0 Å². The van der Waals surface area contributed by atoms with Crippen LogP contribution in [0.25, 0.3) is 50.9 Å². The van der Waals surface area contributed by atoms with Crippen LogP contribution in [0.15, 0.2) is 108 Å². The van der Waals surface area contributed by atoms with Gasteiger partial charge in [-0.1, -0.05) is 96.7 Å². The molecule has 0 N–H and O–H groups in total. The van der Waals surface area contributed by atoms with E-state index >= 15 is 0 Å². The molecule has 0 fully saturated rings. The van der Waals surface area contributed by atoms with Gasteiger partial charge in [-0.05, 0) is 23.8 Å². The molecule has 3 heterocycles. The Balaban J connectivity index is 1.43. The van der Waals surface area contributed by atoms with Crippen molar-refractivity contribution >= 4 is 22.8 Å². The van der Waals surface area contributed by atoms with E-state index in [0.29, 0.717) is 17.5 Å². The molecule has 0 aliphatic carbocycles. The molecule has 1 aliphatic heterocycles. The Morgan fingerprint density at radius 2 is 1.17 bits per heavy atom. The van der Waals surface area contributed by atoms with Crippen LogP contribution in [-0.2, 0) is 5.75 Å². The van der Waals surface area contributed by atoms with Crippen LogP contribution in [0.2, 0.25) is 0 Å². The third-order valence-corrected chi connectivity index (χ3v) is 7.16. The molecule has 0 saturated heterocycles. The summed E-state index contributed by atoms with van der Waals surface area (Å²) in [5, 5.41) is 1.02. The maximum atomic E-state index is 4.90. The fourth-order valence-corrected chi connectivity index (χ4v) is 5.46. The molecule has 35 heavy (non-hydrogen) atoms. The van der Waals surface area contributed by atoms with Crippen molar-refractivity contribution in [2.75, 3.05) is 0 Å². The lowest BCUT2D eigenvalue weighted by molar-refractivity contribution is 0.894. The topological polar surface area (TPSA) is 56.5 Å².